The average Bonchev–Trinajstić information content (AvgIpc) is 2.47. The van der Waals surface area contributed by atoms with Gasteiger partial charge in [0.15, 0.2) is 5.82 Å². The average molecular weight is 313 g/mol. The van der Waals surface area contributed by atoms with Crippen molar-refractivity contribution in [2.24, 2.45) is 0 Å². The monoisotopic (exact) mass is 312 g/mol. The summed E-state index contributed by atoms with van der Waals surface area (Å²) in [6.07, 6.45) is -1.85. The van der Waals surface area contributed by atoms with Crippen LogP contribution in [0.3, 0.4) is 0 Å². The highest BCUT2D eigenvalue weighted by atomic mass is 35.5. The van der Waals surface area contributed by atoms with E-state index in [9.17, 15) is 13.6 Å². The fourth-order valence-electron chi connectivity index (χ4n) is 1.67. The summed E-state index contributed by atoms with van der Waals surface area (Å²) in [6, 6.07) is 6.41. The number of nitrogens with zero attached hydrogens (tertiary/aromatic N) is 2. The topological polar surface area (TPSA) is 52.1 Å². The Bertz CT molecular complexity index is 648. The molecule has 0 N–H and O–H groups in total. The molecule has 0 bridgehead atoms. The highest BCUT2D eigenvalue weighted by Gasteiger charge is 2.22. The van der Waals surface area contributed by atoms with E-state index >= 15 is 0 Å². The van der Waals surface area contributed by atoms with Crippen molar-refractivity contribution in [2.75, 3.05) is 6.61 Å². The third-order valence-electron chi connectivity index (χ3n) is 2.62. The highest BCUT2D eigenvalue weighted by molar-refractivity contribution is 6.30. The molecule has 0 unspecified atom stereocenters. The summed E-state index contributed by atoms with van der Waals surface area (Å²) in [7, 11) is 0. The standard InChI is InChI=1S/C14H11ClF2N2O2/c1-2-21-14(20)10-7-18-13(19-11(10)12(16)17)8-3-5-9(15)6-4-8/h3-7,12H,2H2,1H3. The molecule has 0 atom stereocenters. The van der Waals surface area contributed by atoms with Crippen molar-refractivity contribution in [3.05, 3.63) is 46.7 Å². The van der Waals surface area contributed by atoms with Crippen molar-refractivity contribution < 1.29 is 18.3 Å². The van der Waals surface area contributed by atoms with E-state index in [-0.39, 0.29) is 18.0 Å². The number of hydrogen-bond donors (Lipinski definition) is 0. The fourth-order valence-corrected chi connectivity index (χ4v) is 1.79. The van der Waals surface area contributed by atoms with E-state index in [0.29, 0.717) is 10.6 Å². The summed E-state index contributed by atoms with van der Waals surface area (Å²) >= 11 is 5.76. The number of benzene rings is 1. The van der Waals surface area contributed by atoms with Gasteiger partial charge in [0.05, 0.1) is 6.61 Å². The molecule has 0 saturated carbocycles. The zero-order valence-corrected chi connectivity index (χ0v) is 11.8. The lowest BCUT2D eigenvalue weighted by atomic mass is 10.2. The first-order valence-corrected chi connectivity index (χ1v) is 6.49. The molecule has 4 nitrogen and oxygen atoms in total. The number of hydrogen-bond acceptors (Lipinski definition) is 4. The Balaban J connectivity index is 2.45. The van der Waals surface area contributed by atoms with Gasteiger partial charge < -0.3 is 4.74 Å². The van der Waals surface area contributed by atoms with Gasteiger partial charge in [0.2, 0.25) is 0 Å². The number of rotatable bonds is 4. The molecule has 0 amide bonds. The van der Waals surface area contributed by atoms with Crippen LogP contribution in [0.25, 0.3) is 11.4 Å². The Morgan fingerprint density at radius 3 is 2.57 bits per heavy atom. The minimum atomic E-state index is -2.90. The van der Waals surface area contributed by atoms with Crippen LogP contribution in [0.2, 0.25) is 5.02 Å². The van der Waals surface area contributed by atoms with Gasteiger partial charge in [-0.2, -0.15) is 0 Å². The smallest absolute Gasteiger partial charge is 0.341 e. The second-order valence-electron chi connectivity index (χ2n) is 4.02. The molecule has 0 fully saturated rings. The van der Waals surface area contributed by atoms with Gasteiger partial charge in [0, 0.05) is 16.8 Å². The maximum Gasteiger partial charge on any atom is 0.341 e. The van der Waals surface area contributed by atoms with Crippen molar-refractivity contribution in [3.63, 3.8) is 0 Å². The SMILES string of the molecule is CCOC(=O)c1cnc(-c2ccc(Cl)cc2)nc1C(F)F. The van der Waals surface area contributed by atoms with Gasteiger partial charge in [-0.05, 0) is 31.2 Å². The number of alkyl halides is 2. The predicted octanol–water partition coefficient (Wildman–Crippen LogP) is 3.91. The first-order valence-electron chi connectivity index (χ1n) is 6.11. The highest BCUT2D eigenvalue weighted by Crippen LogP contribution is 2.25. The zero-order chi connectivity index (χ0) is 15.4. The van der Waals surface area contributed by atoms with E-state index in [1.165, 1.54) is 0 Å². The van der Waals surface area contributed by atoms with Crippen LogP contribution in [0.5, 0.6) is 0 Å². The quantitative estimate of drug-likeness (QED) is 0.803. The van der Waals surface area contributed by atoms with Gasteiger partial charge in [-0.25, -0.2) is 23.5 Å². The van der Waals surface area contributed by atoms with Crippen molar-refractivity contribution in [2.45, 2.75) is 13.3 Å². The van der Waals surface area contributed by atoms with E-state index in [2.05, 4.69) is 9.97 Å². The van der Waals surface area contributed by atoms with E-state index in [1.54, 1.807) is 31.2 Å². The molecule has 0 aliphatic carbocycles. The maximum atomic E-state index is 13.1. The van der Waals surface area contributed by atoms with Gasteiger partial charge >= 0.3 is 5.97 Å². The van der Waals surface area contributed by atoms with Crippen LogP contribution >= 0.6 is 11.6 Å². The van der Waals surface area contributed by atoms with Crippen molar-refractivity contribution in [3.8, 4) is 11.4 Å². The Morgan fingerprint density at radius 1 is 1.33 bits per heavy atom. The third-order valence-corrected chi connectivity index (χ3v) is 2.87. The van der Waals surface area contributed by atoms with Crippen LogP contribution < -0.4 is 0 Å². The lowest BCUT2D eigenvalue weighted by Gasteiger charge is -2.09. The molecule has 0 saturated heterocycles. The van der Waals surface area contributed by atoms with E-state index < -0.39 is 18.1 Å². The summed E-state index contributed by atoms with van der Waals surface area (Å²) in [5.74, 6) is -0.773. The number of carbonyl (C=O) groups is 1. The van der Waals surface area contributed by atoms with Crippen molar-refractivity contribution in [1.82, 2.24) is 9.97 Å². The Kier molecular flexibility index (Phi) is 4.80. The minimum absolute atomic E-state index is 0.0838. The fraction of sp³-hybridized carbons (Fsp3) is 0.214. The second kappa shape index (κ2) is 6.58. The molecule has 21 heavy (non-hydrogen) atoms. The lowest BCUT2D eigenvalue weighted by molar-refractivity contribution is 0.0513. The molecule has 2 aromatic rings. The molecule has 0 spiro atoms. The normalized spacial score (nSPS) is 10.7. The summed E-state index contributed by atoms with van der Waals surface area (Å²) in [4.78, 5) is 19.3. The van der Waals surface area contributed by atoms with E-state index in [0.717, 1.165) is 6.20 Å². The number of carbonyl (C=O) groups excluding carboxylic acids is 1. The van der Waals surface area contributed by atoms with Gasteiger partial charge in [-0.1, -0.05) is 11.6 Å². The van der Waals surface area contributed by atoms with Crippen LogP contribution in [0.1, 0.15) is 29.4 Å². The first-order chi connectivity index (χ1) is 10.0. The van der Waals surface area contributed by atoms with E-state index in [1.807, 2.05) is 0 Å². The molecule has 110 valence electrons. The van der Waals surface area contributed by atoms with Crippen molar-refractivity contribution in [1.29, 1.82) is 0 Å². The van der Waals surface area contributed by atoms with Crippen LogP contribution in [0.15, 0.2) is 30.5 Å². The molecular formula is C14H11ClF2N2O2. The van der Waals surface area contributed by atoms with Crippen LogP contribution in [0, 0.1) is 0 Å². The molecule has 0 radical (unpaired) electrons. The van der Waals surface area contributed by atoms with Crippen LogP contribution in [0.4, 0.5) is 8.78 Å². The summed E-state index contributed by atoms with van der Waals surface area (Å²) in [6.45, 7) is 1.67. The second-order valence-corrected chi connectivity index (χ2v) is 4.46. The van der Waals surface area contributed by atoms with Crippen LogP contribution in [-0.2, 0) is 4.74 Å². The molecule has 1 aromatic carbocycles. The van der Waals surface area contributed by atoms with Gasteiger partial charge in [0.25, 0.3) is 6.43 Å². The Labute approximate surface area is 124 Å². The van der Waals surface area contributed by atoms with Gasteiger partial charge in [0.1, 0.15) is 11.3 Å². The number of aromatic nitrogens is 2. The molecule has 0 aliphatic rings. The van der Waals surface area contributed by atoms with Gasteiger partial charge in [-0.3, -0.25) is 0 Å². The minimum Gasteiger partial charge on any atom is -0.462 e. The van der Waals surface area contributed by atoms with E-state index in [4.69, 9.17) is 16.3 Å². The van der Waals surface area contributed by atoms with Crippen LogP contribution in [-0.4, -0.2) is 22.5 Å². The molecule has 0 aliphatic heterocycles. The molecular weight excluding hydrogens is 302 g/mol. The Morgan fingerprint density at radius 2 is 2.00 bits per heavy atom. The zero-order valence-electron chi connectivity index (χ0n) is 11.0. The van der Waals surface area contributed by atoms with Crippen molar-refractivity contribution >= 4 is 17.6 Å². The summed E-state index contributed by atoms with van der Waals surface area (Å²) in [5, 5.41) is 0.510. The number of ether oxygens (including phenoxy) is 1. The predicted molar refractivity (Wildman–Crippen MR) is 73.4 cm³/mol. The largest absolute Gasteiger partial charge is 0.462 e. The molecule has 7 heteroatoms. The van der Waals surface area contributed by atoms with Gasteiger partial charge in [-0.15, -0.1) is 0 Å². The number of halogens is 3. The molecule has 1 aromatic heterocycles. The number of esters is 1. The summed E-state index contributed by atoms with van der Waals surface area (Å²) in [5.41, 5.74) is -0.449. The molecule has 2 rings (SSSR count). The summed E-state index contributed by atoms with van der Waals surface area (Å²) < 4.78 is 30.8. The maximum absolute atomic E-state index is 13.1. The molecule has 1 heterocycles. The Hall–Kier alpha value is -2.08. The first kappa shape index (κ1) is 15.3. The third kappa shape index (κ3) is 3.52. The lowest BCUT2D eigenvalue weighted by Crippen LogP contribution is -2.11.